The van der Waals surface area contributed by atoms with Crippen LogP contribution in [0.25, 0.3) is 0 Å². The normalized spacial score (nSPS) is 21.8. The zero-order valence-corrected chi connectivity index (χ0v) is 8.68. The van der Waals surface area contributed by atoms with Gasteiger partial charge in [0, 0.05) is 6.04 Å². The minimum Gasteiger partial charge on any atom is -0.303 e. The molecule has 0 aromatic rings. The molecule has 1 heteroatoms. The van der Waals surface area contributed by atoms with Gasteiger partial charge in [0.05, 0.1) is 6.54 Å². The maximum absolute atomic E-state index is 5.22. The van der Waals surface area contributed by atoms with Crippen LogP contribution in [0, 0.1) is 18.3 Å². The topological polar surface area (TPSA) is 12.0 Å². The Morgan fingerprint density at radius 3 is 2.46 bits per heavy atom. The number of rotatable bonds is 3. The van der Waals surface area contributed by atoms with Gasteiger partial charge >= 0.3 is 0 Å². The van der Waals surface area contributed by atoms with E-state index >= 15 is 0 Å². The van der Waals surface area contributed by atoms with Crippen molar-refractivity contribution in [1.29, 1.82) is 0 Å². The van der Waals surface area contributed by atoms with Gasteiger partial charge in [0.15, 0.2) is 0 Å². The molecule has 1 saturated carbocycles. The van der Waals surface area contributed by atoms with Crippen molar-refractivity contribution < 1.29 is 0 Å². The smallest absolute Gasteiger partial charge is 0.0575 e. The second-order valence-corrected chi connectivity index (χ2v) is 4.13. The maximum Gasteiger partial charge on any atom is 0.0575 e. The van der Waals surface area contributed by atoms with E-state index in [1.165, 1.54) is 38.5 Å². The van der Waals surface area contributed by atoms with Crippen molar-refractivity contribution in [1.82, 2.24) is 5.32 Å². The van der Waals surface area contributed by atoms with Gasteiger partial charge in [0.1, 0.15) is 0 Å². The molecule has 0 bridgehead atoms. The number of terminal acetylenes is 1. The first-order chi connectivity index (χ1) is 6.34. The summed E-state index contributed by atoms with van der Waals surface area (Å²) in [4.78, 5) is 0. The van der Waals surface area contributed by atoms with E-state index in [2.05, 4.69) is 18.2 Å². The molecule has 0 spiro atoms. The molecule has 1 fully saturated rings. The van der Waals surface area contributed by atoms with Crippen LogP contribution in [0.2, 0.25) is 0 Å². The Bertz CT molecular complexity index is 160. The minimum atomic E-state index is 0.606. The Labute approximate surface area is 82.3 Å². The predicted octanol–water partition coefficient (Wildman–Crippen LogP) is 2.57. The number of hydrogen-bond acceptors (Lipinski definition) is 1. The first kappa shape index (κ1) is 10.6. The third kappa shape index (κ3) is 3.83. The summed E-state index contributed by atoms with van der Waals surface area (Å²) < 4.78 is 0. The molecular formula is C12H21N. The van der Waals surface area contributed by atoms with Crippen LogP contribution in [0.3, 0.4) is 0 Å². The van der Waals surface area contributed by atoms with Crippen LogP contribution < -0.4 is 5.32 Å². The van der Waals surface area contributed by atoms with Crippen molar-refractivity contribution in [3.8, 4) is 12.3 Å². The summed E-state index contributed by atoms with van der Waals surface area (Å²) in [5, 5.41) is 3.39. The lowest BCUT2D eigenvalue weighted by molar-refractivity contribution is 0.348. The van der Waals surface area contributed by atoms with Gasteiger partial charge in [-0.25, -0.2) is 0 Å². The average Bonchev–Trinajstić information content (AvgIpc) is 2.42. The molecule has 1 nitrogen and oxygen atoms in total. The van der Waals surface area contributed by atoms with Gasteiger partial charge < -0.3 is 5.32 Å². The Balaban J connectivity index is 2.27. The molecular weight excluding hydrogens is 158 g/mol. The first-order valence-electron chi connectivity index (χ1n) is 5.51. The van der Waals surface area contributed by atoms with Crippen molar-refractivity contribution in [2.45, 2.75) is 51.5 Å². The Hall–Kier alpha value is -0.480. The SMILES string of the molecule is C#CCN[C@H](C)C1CCCCCC1. The molecule has 1 rings (SSSR count). The largest absolute Gasteiger partial charge is 0.303 e. The van der Waals surface area contributed by atoms with Crippen LogP contribution in [0.15, 0.2) is 0 Å². The molecule has 1 N–H and O–H groups in total. The van der Waals surface area contributed by atoms with E-state index in [1.54, 1.807) is 0 Å². The summed E-state index contributed by atoms with van der Waals surface area (Å²) in [7, 11) is 0. The van der Waals surface area contributed by atoms with Crippen LogP contribution in [-0.2, 0) is 0 Å². The van der Waals surface area contributed by atoms with Crippen molar-refractivity contribution in [3.05, 3.63) is 0 Å². The van der Waals surface area contributed by atoms with Gasteiger partial charge in [-0.3, -0.25) is 0 Å². The van der Waals surface area contributed by atoms with Crippen LogP contribution in [0.4, 0.5) is 0 Å². The highest BCUT2D eigenvalue weighted by Crippen LogP contribution is 2.25. The fourth-order valence-electron chi connectivity index (χ4n) is 2.20. The number of nitrogens with one attached hydrogen (secondary N) is 1. The zero-order valence-electron chi connectivity index (χ0n) is 8.68. The summed E-state index contributed by atoms with van der Waals surface area (Å²) in [6.45, 7) is 2.99. The summed E-state index contributed by atoms with van der Waals surface area (Å²) in [6, 6.07) is 0.606. The maximum atomic E-state index is 5.22. The lowest BCUT2D eigenvalue weighted by Crippen LogP contribution is -2.33. The van der Waals surface area contributed by atoms with Crippen LogP contribution in [-0.4, -0.2) is 12.6 Å². The van der Waals surface area contributed by atoms with Crippen molar-refractivity contribution >= 4 is 0 Å². The third-order valence-corrected chi connectivity index (χ3v) is 3.13. The third-order valence-electron chi connectivity index (χ3n) is 3.13. The summed E-state index contributed by atoms with van der Waals surface area (Å²) in [6.07, 6.45) is 13.7. The minimum absolute atomic E-state index is 0.606. The van der Waals surface area contributed by atoms with E-state index in [0.29, 0.717) is 6.04 Å². The summed E-state index contributed by atoms with van der Waals surface area (Å²) in [5.41, 5.74) is 0. The predicted molar refractivity (Wildman–Crippen MR) is 57.5 cm³/mol. The van der Waals surface area contributed by atoms with E-state index in [1.807, 2.05) is 0 Å². The van der Waals surface area contributed by atoms with E-state index in [9.17, 15) is 0 Å². The van der Waals surface area contributed by atoms with E-state index in [-0.39, 0.29) is 0 Å². The first-order valence-corrected chi connectivity index (χ1v) is 5.51. The average molecular weight is 179 g/mol. The second-order valence-electron chi connectivity index (χ2n) is 4.13. The molecule has 74 valence electrons. The highest BCUT2D eigenvalue weighted by molar-refractivity contribution is 4.88. The van der Waals surface area contributed by atoms with Crippen LogP contribution in [0.1, 0.15) is 45.4 Å². The monoisotopic (exact) mass is 179 g/mol. The Kier molecular flexibility index (Phi) is 4.93. The molecule has 1 aliphatic rings. The molecule has 0 aromatic carbocycles. The van der Waals surface area contributed by atoms with Gasteiger partial charge in [-0.15, -0.1) is 6.42 Å². The standard InChI is InChI=1S/C12H21N/c1-3-10-13-11(2)12-8-6-4-5-7-9-12/h1,11-13H,4-10H2,2H3/t11-/m1/s1. The lowest BCUT2D eigenvalue weighted by Gasteiger charge is -2.22. The molecule has 13 heavy (non-hydrogen) atoms. The van der Waals surface area contributed by atoms with Crippen molar-refractivity contribution in [2.75, 3.05) is 6.54 Å². The van der Waals surface area contributed by atoms with E-state index in [0.717, 1.165) is 12.5 Å². The molecule has 0 amide bonds. The van der Waals surface area contributed by atoms with Crippen LogP contribution >= 0.6 is 0 Å². The lowest BCUT2D eigenvalue weighted by atomic mass is 9.93. The summed E-state index contributed by atoms with van der Waals surface area (Å²) in [5.74, 6) is 3.50. The molecule has 0 heterocycles. The van der Waals surface area contributed by atoms with Gasteiger partial charge in [-0.2, -0.15) is 0 Å². The van der Waals surface area contributed by atoms with Crippen LogP contribution in [0.5, 0.6) is 0 Å². The second kappa shape index (κ2) is 6.05. The van der Waals surface area contributed by atoms with Crippen molar-refractivity contribution in [2.24, 2.45) is 5.92 Å². The van der Waals surface area contributed by atoms with Gasteiger partial charge in [-0.05, 0) is 25.7 Å². The van der Waals surface area contributed by atoms with Gasteiger partial charge in [0.2, 0.25) is 0 Å². The Morgan fingerprint density at radius 1 is 1.31 bits per heavy atom. The van der Waals surface area contributed by atoms with Crippen molar-refractivity contribution in [3.63, 3.8) is 0 Å². The molecule has 0 unspecified atom stereocenters. The molecule has 1 atom stereocenters. The number of hydrogen-bond donors (Lipinski definition) is 1. The molecule has 0 saturated heterocycles. The molecule has 0 aliphatic heterocycles. The van der Waals surface area contributed by atoms with E-state index < -0.39 is 0 Å². The van der Waals surface area contributed by atoms with E-state index in [4.69, 9.17) is 6.42 Å². The Morgan fingerprint density at radius 2 is 1.92 bits per heavy atom. The highest BCUT2D eigenvalue weighted by Gasteiger charge is 2.17. The van der Waals surface area contributed by atoms with Gasteiger partial charge in [-0.1, -0.05) is 31.6 Å². The molecule has 0 radical (unpaired) electrons. The molecule has 1 aliphatic carbocycles. The zero-order chi connectivity index (χ0) is 9.52. The highest BCUT2D eigenvalue weighted by atomic mass is 14.9. The molecule has 0 aromatic heterocycles. The fraction of sp³-hybridized carbons (Fsp3) is 0.833. The quantitative estimate of drug-likeness (QED) is 0.518. The summed E-state index contributed by atoms with van der Waals surface area (Å²) >= 11 is 0. The van der Waals surface area contributed by atoms with Gasteiger partial charge in [0.25, 0.3) is 0 Å². The fourth-order valence-corrected chi connectivity index (χ4v) is 2.20.